The molecule has 9 nitrogen and oxygen atoms in total. The maximum absolute atomic E-state index is 10.4. The Morgan fingerprint density at radius 1 is 1.22 bits per heavy atom. The van der Waals surface area contributed by atoms with Crippen LogP contribution in [-0.4, -0.2) is 61.2 Å². The van der Waals surface area contributed by atoms with Crippen molar-refractivity contribution in [2.75, 3.05) is 12.4 Å². The third kappa shape index (κ3) is 3.15. The molecular formula is C23H25N5O4. The van der Waals surface area contributed by atoms with Gasteiger partial charge in [0.2, 0.25) is 0 Å². The second-order valence-corrected chi connectivity index (χ2v) is 8.19. The van der Waals surface area contributed by atoms with E-state index in [-0.39, 0.29) is 6.04 Å². The Hall–Kier alpha value is -3.03. The number of benzene rings is 1. The first kappa shape index (κ1) is 20.8. The number of ether oxygens (including phenoxy) is 2. The maximum Gasteiger partial charge on any atom is 0.167 e. The number of nitrogens with one attached hydrogen (secondary N) is 1. The van der Waals surface area contributed by atoms with Gasteiger partial charge < -0.3 is 25.0 Å². The minimum Gasteiger partial charge on any atom is -0.386 e. The molecule has 5 rings (SSSR count). The van der Waals surface area contributed by atoms with Crippen molar-refractivity contribution >= 4 is 17.0 Å². The van der Waals surface area contributed by atoms with E-state index in [2.05, 4.69) is 38.3 Å². The average molecular weight is 435 g/mol. The first-order chi connectivity index (χ1) is 15.6. The van der Waals surface area contributed by atoms with Crippen molar-refractivity contribution in [1.82, 2.24) is 19.5 Å². The molecule has 3 aromatic rings. The molecule has 1 saturated carbocycles. The summed E-state index contributed by atoms with van der Waals surface area (Å²) < 4.78 is 13.3. The Balaban J connectivity index is 1.48. The minimum absolute atomic E-state index is 0.0147. The average Bonchev–Trinajstić information content (AvgIpc) is 3.52. The van der Waals surface area contributed by atoms with Crippen LogP contribution in [-0.2, 0) is 15.1 Å². The Kier molecular flexibility index (Phi) is 5.31. The monoisotopic (exact) mass is 435 g/mol. The quantitative estimate of drug-likeness (QED) is 0.518. The summed E-state index contributed by atoms with van der Waals surface area (Å²) >= 11 is 0. The number of hydrogen-bond donors (Lipinski definition) is 3. The number of nitrogens with zero attached hydrogens (tertiary/aromatic N) is 4. The highest BCUT2D eigenvalue weighted by Gasteiger charge is 2.46. The molecule has 2 aliphatic rings. The zero-order valence-electron chi connectivity index (χ0n) is 17.6. The van der Waals surface area contributed by atoms with E-state index in [4.69, 9.17) is 15.9 Å². The second kappa shape index (κ2) is 8.15. The van der Waals surface area contributed by atoms with Crippen LogP contribution < -0.4 is 5.32 Å². The van der Waals surface area contributed by atoms with Gasteiger partial charge in [-0.05, 0) is 24.8 Å². The first-order valence-electron chi connectivity index (χ1n) is 10.6. The van der Waals surface area contributed by atoms with E-state index in [1.165, 1.54) is 12.7 Å². The molecule has 1 aliphatic heterocycles. The lowest BCUT2D eigenvalue weighted by Gasteiger charge is -2.35. The SMILES string of the molecule is C#C[C@H]1O[C@@H](n2cnc3c(N[C@@H]4CCC[C@]4(OC)c4ccccc4)ncnc32)[C@H](O)[C@H]1O. The fourth-order valence-corrected chi connectivity index (χ4v) is 4.93. The molecule has 0 amide bonds. The normalized spacial score (nSPS) is 32.2. The highest BCUT2D eigenvalue weighted by Crippen LogP contribution is 2.43. The number of aromatic nitrogens is 4. The zero-order chi connectivity index (χ0) is 22.3. The third-order valence-electron chi connectivity index (χ3n) is 6.58. The number of aliphatic hydroxyl groups excluding tert-OH is 2. The van der Waals surface area contributed by atoms with Crippen LogP contribution in [0.1, 0.15) is 31.1 Å². The summed E-state index contributed by atoms with van der Waals surface area (Å²) in [5.41, 5.74) is 1.64. The fourth-order valence-electron chi connectivity index (χ4n) is 4.93. The van der Waals surface area contributed by atoms with Crippen LogP contribution in [0.4, 0.5) is 5.82 Å². The number of aliphatic hydroxyl groups is 2. The molecule has 1 aliphatic carbocycles. The lowest BCUT2D eigenvalue weighted by atomic mass is 9.88. The molecule has 1 saturated heterocycles. The summed E-state index contributed by atoms with van der Waals surface area (Å²) in [5.74, 6) is 2.92. The van der Waals surface area contributed by atoms with Gasteiger partial charge in [-0.3, -0.25) is 4.57 Å². The summed E-state index contributed by atoms with van der Waals surface area (Å²) in [6.45, 7) is 0. The van der Waals surface area contributed by atoms with Gasteiger partial charge in [0.05, 0.1) is 12.4 Å². The highest BCUT2D eigenvalue weighted by atomic mass is 16.6. The topological polar surface area (TPSA) is 115 Å². The van der Waals surface area contributed by atoms with Crippen molar-refractivity contribution in [3.05, 3.63) is 48.5 Å². The third-order valence-corrected chi connectivity index (χ3v) is 6.58. The highest BCUT2D eigenvalue weighted by molar-refractivity contribution is 5.83. The smallest absolute Gasteiger partial charge is 0.167 e. The van der Waals surface area contributed by atoms with E-state index in [1.54, 1.807) is 11.7 Å². The maximum atomic E-state index is 10.4. The van der Waals surface area contributed by atoms with E-state index in [9.17, 15) is 10.2 Å². The van der Waals surface area contributed by atoms with Gasteiger partial charge in [-0.2, -0.15) is 0 Å². The lowest BCUT2D eigenvalue weighted by molar-refractivity contribution is -0.0230. The van der Waals surface area contributed by atoms with Crippen molar-refractivity contribution < 1.29 is 19.7 Å². The number of methoxy groups -OCH3 is 1. The molecule has 9 heteroatoms. The molecule has 2 fully saturated rings. The van der Waals surface area contributed by atoms with Gasteiger partial charge >= 0.3 is 0 Å². The Labute approximate surface area is 185 Å². The van der Waals surface area contributed by atoms with E-state index >= 15 is 0 Å². The van der Waals surface area contributed by atoms with Crippen LogP contribution in [0, 0.1) is 12.3 Å². The van der Waals surface area contributed by atoms with Crippen LogP contribution in [0.15, 0.2) is 43.0 Å². The molecule has 1 aromatic carbocycles. The number of fused-ring (bicyclic) bond motifs is 1. The molecule has 3 N–H and O–H groups in total. The molecule has 0 bridgehead atoms. The van der Waals surface area contributed by atoms with Crippen LogP contribution in [0.5, 0.6) is 0 Å². The minimum atomic E-state index is -1.20. The molecule has 2 aromatic heterocycles. The predicted octanol–water partition coefficient (Wildman–Crippen LogP) is 1.58. The summed E-state index contributed by atoms with van der Waals surface area (Å²) in [7, 11) is 1.74. The van der Waals surface area contributed by atoms with Crippen molar-refractivity contribution in [3.63, 3.8) is 0 Å². The van der Waals surface area contributed by atoms with Gasteiger partial charge in [0, 0.05) is 7.11 Å². The van der Waals surface area contributed by atoms with Gasteiger partial charge in [-0.15, -0.1) is 6.42 Å². The summed E-state index contributed by atoms with van der Waals surface area (Å²) in [6.07, 6.45) is 6.97. The van der Waals surface area contributed by atoms with Gasteiger partial charge in [0.1, 0.15) is 30.2 Å². The molecule has 0 spiro atoms. The molecule has 0 radical (unpaired) electrons. The molecule has 3 heterocycles. The Morgan fingerprint density at radius 2 is 2.03 bits per heavy atom. The van der Waals surface area contributed by atoms with Gasteiger partial charge in [0.15, 0.2) is 23.2 Å². The van der Waals surface area contributed by atoms with Gasteiger partial charge in [-0.1, -0.05) is 36.3 Å². The molecular weight excluding hydrogens is 410 g/mol. The van der Waals surface area contributed by atoms with Gasteiger partial charge in [-0.25, -0.2) is 15.0 Å². The standard InChI is InChI=1S/C23H25N5O4/c1-3-15-18(29)19(30)22(32-15)28-13-26-17-20(24-12-25-21(17)28)27-16-10-7-11-23(16,31-2)14-8-5-4-6-9-14/h1,4-6,8-9,12-13,15-16,18-19,22,29-30H,7,10-11H2,2H3,(H,24,25,27)/t15-,16-,18+,19-,22-,23+/m1/s1. The van der Waals surface area contributed by atoms with E-state index in [0.717, 1.165) is 24.8 Å². The van der Waals surface area contributed by atoms with Crippen molar-refractivity contribution in [2.45, 2.75) is 55.4 Å². The predicted molar refractivity (Wildman–Crippen MR) is 116 cm³/mol. The van der Waals surface area contributed by atoms with Crippen LogP contribution in [0.25, 0.3) is 11.2 Å². The van der Waals surface area contributed by atoms with Crippen molar-refractivity contribution in [1.29, 1.82) is 0 Å². The molecule has 6 atom stereocenters. The van der Waals surface area contributed by atoms with E-state index < -0.39 is 30.1 Å². The lowest BCUT2D eigenvalue weighted by Crippen LogP contribution is -2.41. The van der Waals surface area contributed by atoms with Crippen molar-refractivity contribution in [3.8, 4) is 12.3 Å². The largest absolute Gasteiger partial charge is 0.386 e. The number of rotatable bonds is 5. The zero-order valence-corrected chi connectivity index (χ0v) is 17.6. The number of anilines is 1. The van der Waals surface area contributed by atoms with E-state index in [1.807, 2.05) is 18.2 Å². The summed E-state index contributed by atoms with van der Waals surface area (Å²) in [5, 5.41) is 24.1. The molecule has 166 valence electrons. The Morgan fingerprint density at radius 3 is 2.75 bits per heavy atom. The number of imidazole rings is 1. The van der Waals surface area contributed by atoms with Crippen LogP contribution >= 0.6 is 0 Å². The Bertz CT molecular complexity index is 1150. The number of terminal acetylenes is 1. The number of hydrogen-bond acceptors (Lipinski definition) is 8. The van der Waals surface area contributed by atoms with Crippen LogP contribution in [0.2, 0.25) is 0 Å². The van der Waals surface area contributed by atoms with Crippen molar-refractivity contribution in [2.24, 2.45) is 0 Å². The van der Waals surface area contributed by atoms with E-state index in [0.29, 0.717) is 17.0 Å². The first-order valence-corrected chi connectivity index (χ1v) is 10.6. The van der Waals surface area contributed by atoms with Gasteiger partial charge in [0.25, 0.3) is 0 Å². The second-order valence-electron chi connectivity index (χ2n) is 8.19. The molecule has 0 unspecified atom stereocenters. The molecule has 32 heavy (non-hydrogen) atoms. The summed E-state index contributed by atoms with van der Waals surface area (Å²) in [4.78, 5) is 13.2. The summed E-state index contributed by atoms with van der Waals surface area (Å²) in [6, 6.07) is 10.2. The van der Waals surface area contributed by atoms with Crippen LogP contribution in [0.3, 0.4) is 0 Å². The fraction of sp³-hybridized carbons (Fsp3) is 0.435.